The molecule has 1 aromatic carbocycles. The number of nitrogens with one attached hydrogen (secondary N) is 1. The van der Waals surface area contributed by atoms with E-state index >= 15 is 0 Å². The van der Waals surface area contributed by atoms with Crippen LogP contribution in [0.2, 0.25) is 0 Å². The molecule has 0 aromatic heterocycles. The number of amides is 1. The van der Waals surface area contributed by atoms with Crippen molar-refractivity contribution in [1.29, 1.82) is 0 Å². The van der Waals surface area contributed by atoms with Crippen LogP contribution in [0.3, 0.4) is 0 Å². The first-order chi connectivity index (χ1) is 10.9. The predicted octanol–water partition coefficient (Wildman–Crippen LogP) is 3.29. The molecule has 4 nitrogen and oxygen atoms in total. The van der Waals surface area contributed by atoms with Crippen LogP contribution in [0.1, 0.15) is 64.0 Å². The fourth-order valence-corrected chi connectivity index (χ4v) is 2.55. The number of carbonyl (C=O) groups is 1. The van der Waals surface area contributed by atoms with Gasteiger partial charge in [0.15, 0.2) is 0 Å². The number of phenols is 1. The summed E-state index contributed by atoms with van der Waals surface area (Å²) in [6, 6.07) is 5.76. The molecular weight excluding hydrogens is 290 g/mol. The number of aromatic hydroxyl groups is 1. The van der Waals surface area contributed by atoms with Crippen molar-refractivity contribution in [2.75, 3.05) is 13.2 Å². The molecule has 23 heavy (non-hydrogen) atoms. The van der Waals surface area contributed by atoms with E-state index in [4.69, 9.17) is 5.11 Å². The predicted molar refractivity (Wildman–Crippen MR) is 93.7 cm³/mol. The van der Waals surface area contributed by atoms with E-state index in [-0.39, 0.29) is 17.9 Å². The Morgan fingerprint density at radius 1 is 1.13 bits per heavy atom. The number of unbranched alkanes of at least 4 members (excludes halogenated alkanes) is 3. The lowest BCUT2D eigenvalue weighted by atomic mass is 9.85. The van der Waals surface area contributed by atoms with Crippen molar-refractivity contribution in [3.8, 4) is 5.75 Å². The second-order valence-electron chi connectivity index (χ2n) is 7.05. The molecule has 0 heterocycles. The van der Waals surface area contributed by atoms with Gasteiger partial charge in [0.05, 0.1) is 0 Å². The van der Waals surface area contributed by atoms with Crippen molar-refractivity contribution in [3.05, 3.63) is 29.3 Å². The summed E-state index contributed by atoms with van der Waals surface area (Å²) in [6.07, 6.45) is 4.73. The van der Waals surface area contributed by atoms with Gasteiger partial charge >= 0.3 is 0 Å². The number of aliphatic hydroxyl groups is 1. The molecular formula is C19H31NO3. The molecule has 0 unspecified atom stereocenters. The SMILES string of the molecule is CC(C)(C)c1cccc(CCC(=O)NCCCCCCO)c1O. The molecule has 0 saturated heterocycles. The topological polar surface area (TPSA) is 69.6 Å². The number of phenolic OH excluding ortho intramolecular Hbond substituents is 1. The summed E-state index contributed by atoms with van der Waals surface area (Å²) in [5, 5.41) is 22.0. The number of aryl methyl sites for hydroxylation is 1. The van der Waals surface area contributed by atoms with E-state index in [9.17, 15) is 9.90 Å². The van der Waals surface area contributed by atoms with Crippen molar-refractivity contribution < 1.29 is 15.0 Å². The molecule has 0 aliphatic carbocycles. The van der Waals surface area contributed by atoms with Gasteiger partial charge in [0.2, 0.25) is 5.91 Å². The number of aliphatic hydroxyl groups excluding tert-OH is 1. The van der Waals surface area contributed by atoms with Crippen molar-refractivity contribution in [3.63, 3.8) is 0 Å². The van der Waals surface area contributed by atoms with E-state index in [1.54, 1.807) is 0 Å². The van der Waals surface area contributed by atoms with Gasteiger partial charge in [-0.25, -0.2) is 0 Å². The quantitative estimate of drug-likeness (QED) is 0.611. The molecule has 4 heteroatoms. The largest absolute Gasteiger partial charge is 0.507 e. The standard InChI is InChI=1S/C19H31NO3/c1-19(2,3)16-10-8-9-15(18(16)23)11-12-17(22)20-13-6-4-5-7-14-21/h8-10,21,23H,4-7,11-14H2,1-3H3,(H,20,22). The number of benzene rings is 1. The normalized spacial score (nSPS) is 11.5. The molecule has 1 rings (SSSR count). The van der Waals surface area contributed by atoms with Crippen LogP contribution in [-0.2, 0) is 16.6 Å². The molecule has 130 valence electrons. The first kappa shape index (κ1) is 19.5. The highest BCUT2D eigenvalue weighted by Crippen LogP contribution is 2.33. The maximum Gasteiger partial charge on any atom is 0.220 e. The Morgan fingerprint density at radius 3 is 2.48 bits per heavy atom. The summed E-state index contributed by atoms with van der Waals surface area (Å²) in [6.45, 7) is 7.11. The molecule has 0 aliphatic heterocycles. The summed E-state index contributed by atoms with van der Waals surface area (Å²) in [4.78, 5) is 11.9. The zero-order chi connectivity index (χ0) is 17.3. The van der Waals surface area contributed by atoms with Gasteiger partial charge in [-0.3, -0.25) is 4.79 Å². The molecule has 3 N–H and O–H groups in total. The van der Waals surface area contributed by atoms with Gasteiger partial charge in [0.1, 0.15) is 5.75 Å². The van der Waals surface area contributed by atoms with Crippen LogP contribution in [-0.4, -0.2) is 29.3 Å². The summed E-state index contributed by atoms with van der Waals surface area (Å²) in [5.74, 6) is 0.338. The van der Waals surface area contributed by atoms with Crippen molar-refractivity contribution >= 4 is 5.91 Å². The first-order valence-electron chi connectivity index (χ1n) is 8.55. The van der Waals surface area contributed by atoms with Crippen molar-refractivity contribution in [1.82, 2.24) is 5.32 Å². The van der Waals surface area contributed by atoms with Gasteiger partial charge in [0.25, 0.3) is 0 Å². The number of hydrogen-bond acceptors (Lipinski definition) is 3. The van der Waals surface area contributed by atoms with E-state index in [0.29, 0.717) is 25.1 Å². The monoisotopic (exact) mass is 321 g/mol. The van der Waals surface area contributed by atoms with Crippen molar-refractivity contribution in [2.24, 2.45) is 0 Å². The lowest BCUT2D eigenvalue weighted by Gasteiger charge is -2.21. The Labute approximate surface area is 139 Å². The van der Waals surface area contributed by atoms with Gasteiger partial charge in [-0.15, -0.1) is 0 Å². The van der Waals surface area contributed by atoms with Crippen LogP contribution >= 0.6 is 0 Å². The minimum atomic E-state index is -0.114. The second kappa shape index (κ2) is 9.56. The van der Waals surface area contributed by atoms with E-state index in [2.05, 4.69) is 26.1 Å². The Balaban J connectivity index is 2.39. The van der Waals surface area contributed by atoms with Gasteiger partial charge in [-0.1, -0.05) is 51.8 Å². The molecule has 1 amide bonds. The van der Waals surface area contributed by atoms with Crippen LogP contribution in [0.5, 0.6) is 5.75 Å². The number of hydrogen-bond donors (Lipinski definition) is 3. The van der Waals surface area contributed by atoms with Crippen molar-refractivity contribution in [2.45, 2.75) is 64.7 Å². The van der Waals surface area contributed by atoms with Gasteiger partial charge in [-0.05, 0) is 35.8 Å². The molecule has 0 bridgehead atoms. The Bertz CT molecular complexity index is 492. The van der Waals surface area contributed by atoms with Crippen LogP contribution in [0, 0.1) is 0 Å². The molecule has 0 aliphatic rings. The fourth-order valence-electron chi connectivity index (χ4n) is 2.55. The average molecular weight is 321 g/mol. The van der Waals surface area contributed by atoms with E-state index < -0.39 is 0 Å². The van der Waals surface area contributed by atoms with Crippen LogP contribution < -0.4 is 5.32 Å². The van der Waals surface area contributed by atoms with Crippen LogP contribution in [0.25, 0.3) is 0 Å². The Kier molecular flexibility index (Phi) is 8.10. The highest BCUT2D eigenvalue weighted by Gasteiger charge is 2.19. The number of para-hydroxylation sites is 1. The fraction of sp³-hybridized carbons (Fsp3) is 0.632. The average Bonchev–Trinajstić information content (AvgIpc) is 2.48. The maximum atomic E-state index is 11.9. The highest BCUT2D eigenvalue weighted by molar-refractivity contribution is 5.76. The Hall–Kier alpha value is -1.55. The van der Waals surface area contributed by atoms with E-state index in [1.165, 1.54) is 0 Å². The van der Waals surface area contributed by atoms with Gasteiger partial charge in [-0.2, -0.15) is 0 Å². The zero-order valence-electron chi connectivity index (χ0n) is 14.7. The molecule has 0 saturated carbocycles. The molecule has 1 aromatic rings. The molecule has 0 fully saturated rings. The summed E-state index contributed by atoms with van der Waals surface area (Å²) in [5.41, 5.74) is 1.63. The maximum absolute atomic E-state index is 11.9. The lowest BCUT2D eigenvalue weighted by molar-refractivity contribution is -0.121. The first-order valence-corrected chi connectivity index (χ1v) is 8.55. The van der Waals surface area contributed by atoms with Crippen LogP contribution in [0.15, 0.2) is 18.2 Å². The third-order valence-corrected chi connectivity index (χ3v) is 3.96. The molecule has 0 spiro atoms. The minimum Gasteiger partial charge on any atom is -0.507 e. The molecule has 0 atom stereocenters. The highest BCUT2D eigenvalue weighted by atomic mass is 16.3. The summed E-state index contributed by atoms with van der Waals surface area (Å²) >= 11 is 0. The minimum absolute atomic E-state index is 0.0210. The number of carbonyl (C=O) groups excluding carboxylic acids is 1. The van der Waals surface area contributed by atoms with Gasteiger partial charge in [0, 0.05) is 19.6 Å². The van der Waals surface area contributed by atoms with E-state index in [0.717, 1.165) is 36.8 Å². The van der Waals surface area contributed by atoms with Gasteiger partial charge < -0.3 is 15.5 Å². The number of rotatable bonds is 9. The smallest absolute Gasteiger partial charge is 0.220 e. The third-order valence-electron chi connectivity index (χ3n) is 3.96. The van der Waals surface area contributed by atoms with Crippen LogP contribution in [0.4, 0.5) is 0 Å². The summed E-state index contributed by atoms with van der Waals surface area (Å²) in [7, 11) is 0. The Morgan fingerprint density at radius 2 is 1.83 bits per heavy atom. The van der Waals surface area contributed by atoms with E-state index in [1.807, 2.05) is 18.2 Å². The zero-order valence-corrected chi connectivity index (χ0v) is 14.7. The molecule has 0 radical (unpaired) electrons. The lowest BCUT2D eigenvalue weighted by Crippen LogP contribution is -2.24. The third kappa shape index (κ3) is 7.04. The second-order valence-corrected chi connectivity index (χ2v) is 7.05. The summed E-state index contributed by atoms with van der Waals surface area (Å²) < 4.78 is 0.